The minimum absolute atomic E-state index is 0.104. The molecule has 30 heavy (non-hydrogen) atoms. The van der Waals surface area contributed by atoms with Crippen LogP contribution in [0.25, 0.3) is 16.4 Å². The van der Waals surface area contributed by atoms with Crippen LogP contribution in [0.5, 0.6) is 0 Å². The molecule has 0 saturated carbocycles. The molecule has 3 rings (SSSR count). The second-order valence-electron chi connectivity index (χ2n) is 5.76. The number of ether oxygens (including phenoxy) is 3. The van der Waals surface area contributed by atoms with Crippen LogP contribution >= 0.6 is 11.3 Å². The quantitative estimate of drug-likeness (QED) is 0.463. The first kappa shape index (κ1) is 21.2. The molecule has 0 spiro atoms. The van der Waals surface area contributed by atoms with Gasteiger partial charge >= 0.3 is 12.1 Å². The van der Waals surface area contributed by atoms with E-state index in [2.05, 4.69) is 14.8 Å². The van der Waals surface area contributed by atoms with Gasteiger partial charge in [-0.3, -0.25) is 9.89 Å². The highest BCUT2D eigenvalue weighted by atomic mass is 32.1. The monoisotopic (exact) mass is 439 g/mol. The highest BCUT2D eigenvalue weighted by molar-refractivity contribution is 7.12. The van der Waals surface area contributed by atoms with Crippen molar-refractivity contribution in [3.05, 3.63) is 57.3 Å². The van der Waals surface area contributed by atoms with Gasteiger partial charge in [-0.1, -0.05) is 0 Å². The Morgan fingerprint density at radius 3 is 2.70 bits per heavy atom. The minimum atomic E-state index is -1.21. The molecule has 1 atom stereocenters. The van der Waals surface area contributed by atoms with Crippen LogP contribution in [0.4, 0.5) is 13.6 Å². The van der Waals surface area contributed by atoms with Crippen LogP contribution in [0, 0.1) is 11.6 Å². The van der Waals surface area contributed by atoms with E-state index >= 15 is 0 Å². The number of carbonyl (C=O) groups excluding carboxylic acids is 2. The Balaban J connectivity index is 1.75. The average molecular weight is 439 g/mol. The predicted molar refractivity (Wildman–Crippen MR) is 100 cm³/mol. The Bertz CT molecular complexity index is 1140. The molecule has 0 aliphatic carbocycles. The van der Waals surface area contributed by atoms with Gasteiger partial charge in [-0.15, -0.1) is 11.3 Å². The first-order valence-corrected chi connectivity index (χ1v) is 9.44. The van der Waals surface area contributed by atoms with Crippen molar-refractivity contribution < 1.29 is 32.6 Å². The lowest BCUT2D eigenvalue weighted by atomic mass is 10.1. The second kappa shape index (κ2) is 8.86. The molecule has 2 heterocycles. The van der Waals surface area contributed by atoms with Gasteiger partial charge in [0, 0.05) is 23.9 Å². The van der Waals surface area contributed by atoms with Crippen LogP contribution in [-0.4, -0.2) is 39.8 Å². The zero-order chi connectivity index (χ0) is 21.8. The van der Waals surface area contributed by atoms with E-state index in [4.69, 9.17) is 9.47 Å². The number of aromatic nitrogens is 3. The number of H-pyrrole nitrogens is 1. The van der Waals surface area contributed by atoms with Crippen LogP contribution in [0.1, 0.15) is 24.3 Å². The van der Waals surface area contributed by atoms with Gasteiger partial charge in [0.1, 0.15) is 0 Å². The summed E-state index contributed by atoms with van der Waals surface area (Å²) in [6.07, 6.45) is -2.20. The molecule has 3 aromatic rings. The lowest BCUT2D eigenvalue weighted by Crippen LogP contribution is -2.22. The normalized spacial score (nSPS) is 11.7. The van der Waals surface area contributed by atoms with Crippen LogP contribution in [0.3, 0.4) is 0 Å². The number of benzene rings is 1. The maximum Gasteiger partial charge on any atom is 0.511 e. The maximum atomic E-state index is 13.4. The first-order chi connectivity index (χ1) is 14.3. The van der Waals surface area contributed by atoms with Gasteiger partial charge in [-0.2, -0.15) is 4.68 Å². The fourth-order valence-electron chi connectivity index (χ4n) is 2.33. The standard InChI is InChI=1S/C18H15F2N3O6S/c1-3-27-18(26)29-9(2)28-16(25)14-8-30-17(21-14)23-15(24)7-13(22-23)10-4-5-11(19)12(20)6-10/h4-9,22H,3H2,1-2H3. The summed E-state index contributed by atoms with van der Waals surface area (Å²) in [5.74, 6) is -2.95. The highest BCUT2D eigenvalue weighted by Gasteiger charge is 2.20. The molecular weight excluding hydrogens is 424 g/mol. The number of aromatic amines is 1. The minimum Gasteiger partial charge on any atom is -0.435 e. The van der Waals surface area contributed by atoms with Crippen molar-refractivity contribution >= 4 is 23.5 Å². The number of nitrogens with one attached hydrogen (secondary N) is 1. The lowest BCUT2D eigenvalue weighted by molar-refractivity contribution is -0.0813. The van der Waals surface area contributed by atoms with E-state index in [9.17, 15) is 23.2 Å². The molecule has 2 aromatic heterocycles. The van der Waals surface area contributed by atoms with Crippen molar-refractivity contribution in [3.63, 3.8) is 0 Å². The average Bonchev–Trinajstić information content (AvgIpc) is 3.30. The zero-order valence-corrected chi connectivity index (χ0v) is 16.5. The number of rotatable bonds is 6. The molecule has 9 nitrogen and oxygen atoms in total. The van der Waals surface area contributed by atoms with Crippen molar-refractivity contribution in [1.82, 2.24) is 14.8 Å². The molecule has 0 aliphatic heterocycles. The van der Waals surface area contributed by atoms with Gasteiger partial charge in [0.2, 0.25) is 11.4 Å². The van der Waals surface area contributed by atoms with E-state index in [1.807, 2.05) is 0 Å². The van der Waals surface area contributed by atoms with Gasteiger partial charge < -0.3 is 14.2 Å². The van der Waals surface area contributed by atoms with E-state index in [0.717, 1.165) is 28.2 Å². The summed E-state index contributed by atoms with van der Waals surface area (Å²) in [5, 5.41) is 4.18. The summed E-state index contributed by atoms with van der Waals surface area (Å²) >= 11 is 0.962. The van der Waals surface area contributed by atoms with Crippen molar-refractivity contribution in [2.24, 2.45) is 0 Å². The summed E-state index contributed by atoms with van der Waals surface area (Å²) in [6.45, 7) is 3.02. The number of hydrogen-bond donors (Lipinski definition) is 1. The van der Waals surface area contributed by atoms with Crippen molar-refractivity contribution in [2.75, 3.05) is 6.61 Å². The van der Waals surface area contributed by atoms with Gasteiger partial charge in [0.05, 0.1) is 12.3 Å². The summed E-state index contributed by atoms with van der Waals surface area (Å²) in [6, 6.07) is 4.38. The summed E-state index contributed by atoms with van der Waals surface area (Å²) in [4.78, 5) is 39.6. The third kappa shape index (κ3) is 4.71. The van der Waals surface area contributed by atoms with Gasteiger partial charge in [-0.05, 0) is 25.1 Å². The Labute approximate surface area is 171 Å². The molecule has 0 aliphatic rings. The van der Waals surface area contributed by atoms with E-state index in [1.54, 1.807) is 6.92 Å². The van der Waals surface area contributed by atoms with E-state index < -0.39 is 35.6 Å². The Hall–Kier alpha value is -3.54. The lowest BCUT2D eigenvalue weighted by Gasteiger charge is -2.12. The van der Waals surface area contributed by atoms with Crippen LogP contribution in [-0.2, 0) is 14.2 Å². The number of carbonyl (C=O) groups is 2. The fourth-order valence-corrected chi connectivity index (χ4v) is 3.09. The maximum absolute atomic E-state index is 13.4. The molecular formula is C18H15F2N3O6S. The molecule has 1 N–H and O–H groups in total. The smallest absolute Gasteiger partial charge is 0.435 e. The zero-order valence-electron chi connectivity index (χ0n) is 15.7. The number of nitrogens with zero attached hydrogens (tertiary/aromatic N) is 2. The van der Waals surface area contributed by atoms with Gasteiger partial charge in [0.15, 0.2) is 17.3 Å². The van der Waals surface area contributed by atoms with Crippen LogP contribution in [0.2, 0.25) is 0 Å². The van der Waals surface area contributed by atoms with E-state index in [1.165, 1.54) is 24.4 Å². The number of esters is 1. The molecule has 0 fully saturated rings. The largest absolute Gasteiger partial charge is 0.511 e. The fraction of sp³-hybridized carbons (Fsp3) is 0.222. The highest BCUT2D eigenvalue weighted by Crippen LogP contribution is 2.20. The third-order valence-electron chi connectivity index (χ3n) is 3.64. The van der Waals surface area contributed by atoms with Gasteiger partial charge in [0.25, 0.3) is 5.56 Å². The molecule has 12 heteroatoms. The Morgan fingerprint density at radius 1 is 1.23 bits per heavy atom. The third-order valence-corrected chi connectivity index (χ3v) is 4.47. The molecule has 1 aromatic carbocycles. The molecule has 1 unspecified atom stereocenters. The van der Waals surface area contributed by atoms with Crippen LogP contribution in [0.15, 0.2) is 34.4 Å². The summed E-state index contributed by atoms with van der Waals surface area (Å²) in [7, 11) is 0. The SMILES string of the molecule is CCOC(=O)OC(C)OC(=O)c1csc(-n2[nH]c(-c3ccc(F)c(F)c3)cc2=O)n1. The van der Waals surface area contributed by atoms with E-state index in [-0.39, 0.29) is 28.7 Å². The summed E-state index contributed by atoms with van der Waals surface area (Å²) in [5.41, 5.74) is -0.159. The number of halogens is 2. The Morgan fingerprint density at radius 2 is 2.00 bits per heavy atom. The molecule has 0 bridgehead atoms. The molecule has 158 valence electrons. The predicted octanol–water partition coefficient (Wildman–Crippen LogP) is 3.24. The van der Waals surface area contributed by atoms with Crippen LogP contribution < -0.4 is 5.56 Å². The van der Waals surface area contributed by atoms with Crippen molar-refractivity contribution in [2.45, 2.75) is 20.1 Å². The van der Waals surface area contributed by atoms with Crippen molar-refractivity contribution in [1.29, 1.82) is 0 Å². The van der Waals surface area contributed by atoms with Gasteiger partial charge in [-0.25, -0.2) is 23.4 Å². The number of hydrogen-bond acceptors (Lipinski definition) is 8. The molecule has 0 radical (unpaired) electrons. The Kier molecular flexibility index (Phi) is 6.26. The van der Waals surface area contributed by atoms with Crippen molar-refractivity contribution in [3.8, 4) is 16.4 Å². The summed E-state index contributed by atoms with van der Waals surface area (Å²) < 4.78 is 41.8. The number of thiazole rings is 1. The molecule has 0 amide bonds. The molecule has 0 saturated heterocycles. The topological polar surface area (TPSA) is 113 Å². The second-order valence-corrected chi connectivity index (χ2v) is 6.60. The van der Waals surface area contributed by atoms with E-state index in [0.29, 0.717) is 0 Å². The first-order valence-electron chi connectivity index (χ1n) is 8.56.